The second-order valence-corrected chi connectivity index (χ2v) is 3.19. The lowest BCUT2D eigenvalue weighted by atomic mass is 10.2. The molecule has 1 unspecified atom stereocenters. The molecular formula is C9H18N2O4. The van der Waals surface area contributed by atoms with E-state index in [1.54, 1.807) is 6.92 Å². The van der Waals surface area contributed by atoms with Crippen molar-refractivity contribution in [2.75, 3.05) is 26.3 Å². The van der Waals surface area contributed by atoms with Crippen LogP contribution in [0.25, 0.3) is 0 Å². The molecule has 0 aliphatic carbocycles. The number of aliphatic hydroxyl groups excluding tert-OH is 2. The number of nitrogens with zero attached hydrogens (tertiary/aromatic N) is 1. The van der Waals surface area contributed by atoms with Gasteiger partial charge in [-0.05, 0) is 6.92 Å². The second kappa shape index (κ2) is 7.19. The third-order valence-electron chi connectivity index (χ3n) is 1.84. The fourth-order valence-corrected chi connectivity index (χ4v) is 1.21. The Kier molecular flexibility index (Phi) is 6.64. The van der Waals surface area contributed by atoms with Crippen molar-refractivity contribution < 1.29 is 19.8 Å². The molecule has 0 bridgehead atoms. The van der Waals surface area contributed by atoms with E-state index in [9.17, 15) is 9.59 Å². The highest BCUT2D eigenvalue weighted by Crippen LogP contribution is 1.94. The van der Waals surface area contributed by atoms with Gasteiger partial charge in [-0.3, -0.25) is 9.59 Å². The Bertz CT molecular complexity index is 214. The summed E-state index contributed by atoms with van der Waals surface area (Å²) in [5.41, 5.74) is 0. The summed E-state index contributed by atoms with van der Waals surface area (Å²) in [5, 5.41) is 19.9. The summed E-state index contributed by atoms with van der Waals surface area (Å²) in [4.78, 5) is 23.7. The molecule has 0 saturated heterocycles. The zero-order valence-corrected chi connectivity index (χ0v) is 9.06. The van der Waals surface area contributed by atoms with Crippen molar-refractivity contribution in [3.8, 4) is 0 Å². The van der Waals surface area contributed by atoms with E-state index in [1.807, 2.05) is 0 Å². The predicted molar refractivity (Wildman–Crippen MR) is 54.0 cm³/mol. The maximum absolute atomic E-state index is 11.6. The van der Waals surface area contributed by atoms with Crippen molar-refractivity contribution in [1.29, 1.82) is 0 Å². The van der Waals surface area contributed by atoms with E-state index in [4.69, 9.17) is 10.2 Å². The zero-order valence-electron chi connectivity index (χ0n) is 9.06. The normalized spacial score (nSPS) is 12.0. The Labute approximate surface area is 88.9 Å². The van der Waals surface area contributed by atoms with Crippen molar-refractivity contribution >= 4 is 11.8 Å². The van der Waals surface area contributed by atoms with E-state index in [0.29, 0.717) is 0 Å². The lowest BCUT2D eigenvalue weighted by molar-refractivity contribution is -0.136. The van der Waals surface area contributed by atoms with Crippen LogP contribution >= 0.6 is 0 Å². The smallest absolute Gasteiger partial charge is 0.245 e. The first-order chi connectivity index (χ1) is 7.02. The number of hydrogen-bond donors (Lipinski definition) is 3. The van der Waals surface area contributed by atoms with Gasteiger partial charge >= 0.3 is 0 Å². The van der Waals surface area contributed by atoms with Gasteiger partial charge in [-0.15, -0.1) is 0 Å². The van der Waals surface area contributed by atoms with Crippen LogP contribution in [0.4, 0.5) is 0 Å². The van der Waals surface area contributed by atoms with Crippen molar-refractivity contribution in [3.05, 3.63) is 0 Å². The van der Waals surface area contributed by atoms with Crippen LogP contribution in [0.3, 0.4) is 0 Å². The first-order valence-corrected chi connectivity index (χ1v) is 4.80. The fraction of sp³-hybridized carbons (Fsp3) is 0.778. The van der Waals surface area contributed by atoms with E-state index < -0.39 is 6.04 Å². The van der Waals surface area contributed by atoms with Crippen LogP contribution in [0.15, 0.2) is 0 Å². The van der Waals surface area contributed by atoms with E-state index in [2.05, 4.69) is 5.32 Å². The number of amides is 2. The van der Waals surface area contributed by atoms with Gasteiger partial charge < -0.3 is 20.4 Å². The molecule has 3 N–H and O–H groups in total. The molecule has 0 radical (unpaired) electrons. The van der Waals surface area contributed by atoms with Crippen LogP contribution in [-0.4, -0.2) is 59.3 Å². The summed E-state index contributed by atoms with van der Waals surface area (Å²) in [5.74, 6) is -0.600. The van der Waals surface area contributed by atoms with Gasteiger partial charge in [-0.1, -0.05) is 0 Å². The Morgan fingerprint density at radius 2 is 1.73 bits per heavy atom. The lowest BCUT2D eigenvalue weighted by Gasteiger charge is -2.24. The maximum atomic E-state index is 11.6. The van der Waals surface area contributed by atoms with E-state index in [1.165, 1.54) is 11.8 Å². The summed E-state index contributed by atoms with van der Waals surface area (Å²) in [6.45, 7) is 2.86. The average Bonchev–Trinajstić information content (AvgIpc) is 2.15. The highest BCUT2D eigenvalue weighted by molar-refractivity contribution is 5.86. The molecule has 0 aliphatic rings. The van der Waals surface area contributed by atoms with Crippen LogP contribution in [0.2, 0.25) is 0 Å². The topological polar surface area (TPSA) is 89.9 Å². The van der Waals surface area contributed by atoms with Gasteiger partial charge in [0.05, 0.1) is 13.2 Å². The Morgan fingerprint density at radius 3 is 2.07 bits per heavy atom. The molecule has 0 saturated carbocycles. The Morgan fingerprint density at radius 1 is 1.27 bits per heavy atom. The van der Waals surface area contributed by atoms with Gasteiger partial charge in [-0.25, -0.2) is 0 Å². The van der Waals surface area contributed by atoms with Crippen molar-refractivity contribution in [2.24, 2.45) is 0 Å². The first kappa shape index (κ1) is 13.9. The summed E-state index contributed by atoms with van der Waals surface area (Å²) in [6, 6.07) is -0.638. The van der Waals surface area contributed by atoms with Gasteiger partial charge in [0.15, 0.2) is 0 Å². The molecule has 0 rings (SSSR count). The highest BCUT2D eigenvalue weighted by Gasteiger charge is 2.19. The summed E-state index contributed by atoms with van der Waals surface area (Å²) in [6.07, 6.45) is 0. The van der Waals surface area contributed by atoms with Gasteiger partial charge in [0.25, 0.3) is 0 Å². The lowest BCUT2D eigenvalue weighted by Crippen LogP contribution is -2.48. The standard InChI is InChI=1S/C9H18N2O4/c1-7(10-8(2)14)9(15)11(3-5-12)4-6-13/h7,12-13H,3-6H2,1-2H3,(H,10,14). The highest BCUT2D eigenvalue weighted by atomic mass is 16.3. The molecular weight excluding hydrogens is 200 g/mol. The first-order valence-electron chi connectivity index (χ1n) is 4.80. The largest absolute Gasteiger partial charge is 0.395 e. The summed E-state index contributed by atoms with van der Waals surface area (Å²) < 4.78 is 0. The van der Waals surface area contributed by atoms with E-state index in [-0.39, 0.29) is 38.1 Å². The molecule has 0 fully saturated rings. The molecule has 0 aromatic rings. The summed E-state index contributed by atoms with van der Waals surface area (Å²) in [7, 11) is 0. The molecule has 15 heavy (non-hydrogen) atoms. The zero-order chi connectivity index (χ0) is 11.8. The minimum Gasteiger partial charge on any atom is -0.395 e. The molecule has 2 amide bonds. The SMILES string of the molecule is CC(=O)NC(C)C(=O)N(CCO)CCO. The molecule has 0 aromatic heterocycles. The third kappa shape index (κ3) is 5.34. The fourth-order valence-electron chi connectivity index (χ4n) is 1.21. The second-order valence-electron chi connectivity index (χ2n) is 3.19. The minimum atomic E-state index is -0.638. The monoisotopic (exact) mass is 218 g/mol. The molecule has 1 atom stereocenters. The van der Waals surface area contributed by atoms with Crippen molar-refractivity contribution in [1.82, 2.24) is 10.2 Å². The Balaban J connectivity index is 4.27. The number of aliphatic hydroxyl groups is 2. The number of carbonyl (C=O) groups is 2. The van der Waals surface area contributed by atoms with Gasteiger partial charge in [0, 0.05) is 20.0 Å². The van der Waals surface area contributed by atoms with Gasteiger partial charge in [0.1, 0.15) is 6.04 Å². The van der Waals surface area contributed by atoms with E-state index >= 15 is 0 Å². The molecule has 6 heteroatoms. The summed E-state index contributed by atoms with van der Waals surface area (Å²) >= 11 is 0. The minimum absolute atomic E-state index is 0.156. The number of nitrogens with one attached hydrogen (secondary N) is 1. The maximum Gasteiger partial charge on any atom is 0.245 e. The molecule has 6 nitrogen and oxygen atoms in total. The number of carbonyl (C=O) groups excluding carboxylic acids is 2. The van der Waals surface area contributed by atoms with Crippen molar-refractivity contribution in [3.63, 3.8) is 0 Å². The van der Waals surface area contributed by atoms with Crippen LogP contribution < -0.4 is 5.32 Å². The quantitative estimate of drug-likeness (QED) is 0.497. The van der Waals surface area contributed by atoms with Crippen LogP contribution in [0, 0.1) is 0 Å². The van der Waals surface area contributed by atoms with Gasteiger partial charge in [0.2, 0.25) is 11.8 Å². The predicted octanol–water partition coefficient (Wildman–Crippen LogP) is -1.68. The molecule has 0 spiro atoms. The number of rotatable bonds is 6. The third-order valence-corrected chi connectivity index (χ3v) is 1.84. The molecule has 0 aliphatic heterocycles. The molecule has 0 aromatic carbocycles. The van der Waals surface area contributed by atoms with Gasteiger partial charge in [-0.2, -0.15) is 0 Å². The van der Waals surface area contributed by atoms with Crippen LogP contribution in [-0.2, 0) is 9.59 Å². The number of hydrogen-bond acceptors (Lipinski definition) is 4. The van der Waals surface area contributed by atoms with Crippen LogP contribution in [0.5, 0.6) is 0 Å². The molecule has 0 heterocycles. The average molecular weight is 218 g/mol. The Hall–Kier alpha value is -1.14. The van der Waals surface area contributed by atoms with E-state index in [0.717, 1.165) is 0 Å². The molecule has 88 valence electrons. The van der Waals surface area contributed by atoms with Crippen molar-refractivity contribution in [2.45, 2.75) is 19.9 Å². The van der Waals surface area contributed by atoms with Crippen LogP contribution in [0.1, 0.15) is 13.8 Å².